The largest absolute Gasteiger partial charge is 0.441 e. The summed E-state index contributed by atoms with van der Waals surface area (Å²) in [7, 11) is 0. The molecule has 0 bridgehead atoms. The van der Waals surface area contributed by atoms with Crippen molar-refractivity contribution in [2.45, 2.75) is 19.8 Å². The summed E-state index contributed by atoms with van der Waals surface area (Å²) in [5.41, 5.74) is 9.75. The standard InChI is InChI=1S/C13H14N6O/c1-2-3-12-17-9-5-4-8(6-11(9)20-12)18-19-10(7-14)13(15)16/h4-6,18H,2-3H2,1H3,(H3,15,16)/b19-10+. The van der Waals surface area contributed by atoms with Crippen molar-refractivity contribution in [1.29, 1.82) is 10.7 Å². The van der Waals surface area contributed by atoms with Crippen molar-refractivity contribution in [1.82, 2.24) is 4.98 Å². The van der Waals surface area contributed by atoms with Gasteiger partial charge in [0.2, 0.25) is 5.71 Å². The van der Waals surface area contributed by atoms with Crippen LogP contribution in [0.4, 0.5) is 5.69 Å². The number of fused-ring (bicyclic) bond motifs is 1. The summed E-state index contributed by atoms with van der Waals surface area (Å²) in [6.45, 7) is 2.06. The third-order valence-electron chi connectivity index (χ3n) is 2.55. The maximum atomic E-state index is 8.74. The van der Waals surface area contributed by atoms with E-state index in [0.717, 1.165) is 18.4 Å². The van der Waals surface area contributed by atoms with Gasteiger partial charge >= 0.3 is 0 Å². The first-order chi connectivity index (χ1) is 9.63. The molecule has 0 radical (unpaired) electrons. The van der Waals surface area contributed by atoms with Crippen LogP contribution in [0.25, 0.3) is 11.1 Å². The number of nitriles is 1. The van der Waals surface area contributed by atoms with Crippen molar-refractivity contribution in [3.05, 3.63) is 24.1 Å². The fourth-order valence-corrected chi connectivity index (χ4v) is 1.63. The highest BCUT2D eigenvalue weighted by atomic mass is 16.3. The molecule has 0 atom stereocenters. The summed E-state index contributed by atoms with van der Waals surface area (Å²) in [4.78, 5) is 4.35. The van der Waals surface area contributed by atoms with Crippen LogP contribution < -0.4 is 11.2 Å². The van der Waals surface area contributed by atoms with Gasteiger partial charge < -0.3 is 10.2 Å². The van der Waals surface area contributed by atoms with Gasteiger partial charge in [0.15, 0.2) is 17.3 Å². The fraction of sp³-hybridized carbons (Fsp3) is 0.231. The van der Waals surface area contributed by atoms with Crippen LogP contribution >= 0.6 is 0 Å². The first kappa shape index (κ1) is 13.5. The van der Waals surface area contributed by atoms with Crippen molar-refractivity contribution in [2.75, 3.05) is 5.43 Å². The van der Waals surface area contributed by atoms with Gasteiger partial charge in [-0.25, -0.2) is 4.98 Å². The second-order valence-corrected chi connectivity index (χ2v) is 4.14. The molecule has 4 N–H and O–H groups in total. The summed E-state index contributed by atoms with van der Waals surface area (Å²) in [5.74, 6) is 0.315. The van der Waals surface area contributed by atoms with Crippen molar-refractivity contribution >= 4 is 28.3 Å². The third-order valence-corrected chi connectivity index (χ3v) is 2.55. The van der Waals surface area contributed by atoms with E-state index < -0.39 is 0 Å². The van der Waals surface area contributed by atoms with E-state index >= 15 is 0 Å². The van der Waals surface area contributed by atoms with Gasteiger partial charge in [-0.1, -0.05) is 6.92 Å². The van der Waals surface area contributed by atoms with Gasteiger partial charge in [0, 0.05) is 12.5 Å². The van der Waals surface area contributed by atoms with E-state index in [-0.39, 0.29) is 11.5 Å². The maximum Gasteiger partial charge on any atom is 0.201 e. The Hall–Kier alpha value is -2.88. The molecule has 7 nitrogen and oxygen atoms in total. The van der Waals surface area contributed by atoms with Crippen LogP contribution in [0.5, 0.6) is 0 Å². The number of aryl methyl sites for hydroxylation is 1. The van der Waals surface area contributed by atoms with Crippen LogP contribution in [0.15, 0.2) is 27.7 Å². The molecule has 0 aliphatic heterocycles. The molecule has 20 heavy (non-hydrogen) atoms. The molecular weight excluding hydrogens is 256 g/mol. The summed E-state index contributed by atoms with van der Waals surface area (Å²) in [6.07, 6.45) is 1.75. The van der Waals surface area contributed by atoms with E-state index in [9.17, 15) is 0 Å². The first-order valence-electron chi connectivity index (χ1n) is 6.11. The van der Waals surface area contributed by atoms with E-state index in [1.807, 2.05) is 0 Å². The van der Waals surface area contributed by atoms with E-state index in [1.54, 1.807) is 24.3 Å². The zero-order valence-electron chi connectivity index (χ0n) is 11.0. The number of amidine groups is 1. The zero-order chi connectivity index (χ0) is 14.5. The van der Waals surface area contributed by atoms with Crippen LogP contribution in [0.2, 0.25) is 0 Å². The molecule has 0 fully saturated rings. The highest BCUT2D eigenvalue weighted by Gasteiger charge is 2.06. The average Bonchev–Trinajstić information content (AvgIpc) is 2.81. The molecule has 1 aromatic heterocycles. The Morgan fingerprint density at radius 1 is 1.60 bits per heavy atom. The highest BCUT2D eigenvalue weighted by Crippen LogP contribution is 2.20. The number of nitrogens with one attached hydrogen (secondary N) is 2. The van der Waals surface area contributed by atoms with Crippen LogP contribution in [0, 0.1) is 16.7 Å². The number of hydrogen-bond acceptors (Lipinski definition) is 6. The Labute approximate surface area is 115 Å². The molecule has 0 unspecified atom stereocenters. The van der Waals surface area contributed by atoms with Gasteiger partial charge in [-0.2, -0.15) is 10.4 Å². The fourth-order valence-electron chi connectivity index (χ4n) is 1.63. The minimum absolute atomic E-state index is 0.172. The van der Waals surface area contributed by atoms with Crippen molar-refractivity contribution in [3.63, 3.8) is 0 Å². The number of hydrazone groups is 1. The van der Waals surface area contributed by atoms with Crippen LogP contribution in [-0.2, 0) is 6.42 Å². The van der Waals surface area contributed by atoms with E-state index in [4.69, 9.17) is 20.8 Å². The molecule has 0 aliphatic carbocycles. The SMILES string of the molecule is CCCc1nc2ccc(N/N=C(\C#N)C(=N)N)cc2o1. The Balaban J connectivity index is 2.24. The number of anilines is 1. The molecule has 7 heteroatoms. The highest BCUT2D eigenvalue weighted by molar-refractivity contribution is 6.45. The molecular formula is C13H14N6O. The Morgan fingerprint density at radius 3 is 3.05 bits per heavy atom. The maximum absolute atomic E-state index is 8.74. The number of hydrogen-bond donors (Lipinski definition) is 3. The predicted octanol–water partition coefficient (Wildman–Crippen LogP) is 2.01. The molecule has 0 spiro atoms. The van der Waals surface area contributed by atoms with E-state index in [0.29, 0.717) is 17.2 Å². The van der Waals surface area contributed by atoms with Gasteiger partial charge in [-0.3, -0.25) is 10.8 Å². The van der Waals surface area contributed by atoms with E-state index in [2.05, 4.69) is 22.4 Å². The Kier molecular flexibility index (Phi) is 3.96. The van der Waals surface area contributed by atoms with Crippen LogP contribution in [0.3, 0.4) is 0 Å². The lowest BCUT2D eigenvalue weighted by Crippen LogP contribution is -2.21. The van der Waals surface area contributed by atoms with Crippen LogP contribution in [-0.4, -0.2) is 16.5 Å². The normalized spacial score (nSPS) is 11.3. The minimum atomic E-state index is -0.383. The number of nitrogens with zero attached hydrogens (tertiary/aromatic N) is 3. The molecule has 1 aromatic carbocycles. The molecule has 0 amide bonds. The first-order valence-corrected chi connectivity index (χ1v) is 6.11. The molecule has 102 valence electrons. The number of nitrogens with two attached hydrogens (primary N) is 1. The molecule has 2 aromatic rings. The molecule has 0 saturated heterocycles. The molecule has 0 aliphatic rings. The number of oxazole rings is 1. The monoisotopic (exact) mass is 270 g/mol. The van der Waals surface area contributed by atoms with Gasteiger partial charge in [-0.15, -0.1) is 0 Å². The number of rotatable bonds is 5. The van der Waals surface area contributed by atoms with Crippen LogP contribution in [0.1, 0.15) is 19.2 Å². The van der Waals surface area contributed by atoms with Gasteiger partial charge in [0.05, 0.1) is 5.69 Å². The summed E-state index contributed by atoms with van der Waals surface area (Å²) >= 11 is 0. The Morgan fingerprint density at radius 2 is 2.40 bits per heavy atom. The lowest BCUT2D eigenvalue weighted by atomic mass is 10.3. The smallest absolute Gasteiger partial charge is 0.201 e. The second-order valence-electron chi connectivity index (χ2n) is 4.14. The summed E-state index contributed by atoms with van der Waals surface area (Å²) in [6, 6.07) is 7.03. The number of benzene rings is 1. The van der Waals surface area contributed by atoms with Crippen molar-refractivity contribution in [2.24, 2.45) is 10.8 Å². The molecule has 0 saturated carbocycles. The lowest BCUT2D eigenvalue weighted by Gasteiger charge is -2.00. The molecule has 2 rings (SSSR count). The Bertz CT molecular complexity index is 709. The third kappa shape index (κ3) is 2.92. The van der Waals surface area contributed by atoms with Crippen molar-refractivity contribution < 1.29 is 4.42 Å². The van der Waals surface area contributed by atoms with E-state index in [1.165, 1.54) is 0 Å². The summed E-state index contributed by atoms with van der Waals surface area (Å²) < 4.78 is 5.60. The topological polar surface area (TPSA) is 124 Å². The average molecular weight is 270 g/mol. The second kappa shape index (κ2) is 5.84. The lowest BCUT2D eigenvalue weighted by molar-refractivity contribution is 0.525. The minimum Gasteiger partial charge on any atom is -0.441 e. The zero-order valence-corrected chi connectivity index (χ0v) is 11.0. The van der Waals surface area contributed by atoms with Gasteiger partial charge in [-0.05, 0) is 18.6 Å². The molecule has 1 heterocycles. The van der Waals surface area contributed by atoms with Gasteiger partial charge in [0.1, 0.15) is 11.6 Å². The van der Waals surface area contributed by atoms with Crippen molar-refractivity contribution in [3.8, 4) is 6.07 Å². The summed E-state index contributed by atoms with van der Waals surface area (Å²) in [5, 5.41) is 19.6. The number of aromatic nitrogens is 1. The van der Waals surface area contributed by atoms with Gasteiger partial charge in [0.25, 0.3) is 0 Å². The quantitative estimate of drug-likeness (QED) is 0.435. The predicted molar refractivity (Wildman–Crippen MR) is 76.6 cm³/mol.